The highest BCUT2D eigenvalue weighted by Crippen LogP contribution is 2.16. The molecule has 1 rings (SSSR count). The Balaban J connectivity index is 1.97. The van der Waals surface area contributed by atoms with E-state index in [1.807, 2.05) is 11.8 Å². The molecule has 0 saturated carbocycles. The highest BCUT2D eigenvalue weighted by Gasteiger charge is 2.12. The van der Waals surface area contributed by atoms with Crippen molar-refractivity contribution >= 4 is 17.7 Å². The Kier molecular flexibility index (Phi) is 6.85. The van der Waals surface area contributed by atoms with E-state index in [4.69, 9.17) is 0 Å². The third-order valence-electron chi connectivity index (χ3n) is 2.58. The molecule has 15 heavy (non-hydrogen) atoms. The Morgan fingerprint density at radius 2 is 2.07 bits per heavy atom. The molecule has 0 radical (unpaired) electrons. The van der Waals surface area contributed by atoms with Crippen molar-refractivity contribution < 1.29 is 4.79 Å². The average molecular weight is 230 g/mol. The molecular formula is C11H22N2OS. The predicted octanol–water partition coefficient (Wildman–Crippen LogP) is 1.39. The molecule has 1 aliphatic rings. The van der Waals surface area contributed by atoms with Gasteiger partial charge in [-0.3, -0.25) is 4.79 Å². The van der Waals surface area contributed by atoms with Crippen molar-refractivity contribution in [2.24, 2.45) is 0 Å². The molecule has 4 heteroatoms. The molecule has 1 saturated heterocycles. The molecule has 0 unspecified atom stereocenters. The summed E-state index contributed by atoms with van der Waals surface area (Å²) in [6.07, 6.45) is 4.13. The highest BCUT2D eigenvalue weighted by molar-refractivity contribution is 7.99. The van der Waals surface area contributed by atoms with Crippen molar-refractivity contribution in [2.75, 3.05) is 24.6 Å². The molecule has 1 aliphatic heterocycles. The van der Waals surface area contributed by atoms with Gasteiger partial charge in [-0.25, -0.2) is 0 Å². The molecule has 1 heterocycles. The van der Waals surface area contributed by atoms with E-state index >= 15 is 0 Å². The first-order valence-corrected chi connectivity index (χ1v) is 7.06. The molecule has 0 aromatic carbocycles. The van der Waals surface area contributed by atoms with Crippen molar-refractivity contribution in [3.8, 4) is 0 Å². The molecule has 0 aromatic heterocycles. The first-order chi connectivity index (χ1) is 7.33. The molecule has 0 aromatic rings. The van der Waals surface area contributed by atoms with E-state index in [1.54, 1.807) is 0 Å². The Bertz CT molecular complexity index is 181. The van der Waals surface area contributed by atoms with E-state index in [0.29, 0.717) is 12.5 Å². The second-order valence-corrected chi connectivity index (χ2v) is 5.17. The highest BCUT2D eigenvalue weighted by atomic mass is 32.2. The average Bonchev–Trinajstić information content (AvgIpc) is 2.28. The second kappa shape index (κ2) is 7.99. The van der Waals surface area contributed by atoms with Gasteiger partial charge in [0.2, 0.25) is 5.91 Å². The van der Waals surface area contributed by atoms with Gasteiger partial charge < -0.3 is 10.6 Å². The van der Waals surface area contributed by atoms with Crippen molar-refractivity contribution in [2.45, 2.75) is 38.6 Å². The third-order valence-corrected chi connectivity index (χ3v) is 3.63. The minimum absolute atomic E-state index is 0.175. The van der Waals surface area contributed by atoms with Crippen LogP contribution in [0.15, 0.2) is 0 Å². The van der Waals surface area contributed by atoms with Gasteiger partial charge in [0.15, 0.2) is 0 Å². The van der Waals surface area contributed by atoms with Gasteiger partial charge in [0, 0.05) is 25.6 Å². The molecule has 1 amide bonds. The zero-order chi connectivity index (χ0) is 10.9. The zero-order valence-corrected chi connectivity index (χ0v) is 10.4. The van der Waals surface area contributed by atoms with Gasteiger partial charge in [0.25, 0.3) is 0 Å². The number of carbonyl (C=O) groups excluding carboxylic acids is 1. The van der Waals surface area contributed by atoms with Crippen LogP contribution in [0.4, 0.5) is 0 Å². The first kappa shape index (κ1) is 12.8. The molecule has 0 spiro atoms. The first-order valence-electron chi connectivity index (χ1n) is 5.90. The maximum absolute atomic E-state index is 11.3. The summed E-state index contributed by atoms with van der Waals surface area (Å²) in [6.45, 7) is 3.70. The number of rotatable bonds is 6. The van der Waals surface area contributed by atoms with Crippen LogP contribution < -0.4 is 10.6 Å². The van der Waals surface area contributed by atoms with Crippen LogP contribution in [0.5, 0.6) is 0 Å². The van der Waals surface area contributed by atoms with Crippen molar-refractivity contribution in [1.29, 1.82) is 0 Å². The molecule has 0 bridgehead atoms. The predicted molar refractivity (Wildman–Crippen MR) is 66.3 cm³/mol. The quantitative estimate of drug-likeness (QED) is 0.724. The van der Waals surface area contributed by atoms with Crippen LogP contribution in [0.25, 0.3) is 0 Å². The fourth-order valence-electron chi connectivity index (χ4n) is 1.64. The van der Waals surface area contributed by atoms with E-state index in [1.165, 1.54) is 24.3 Å². The third kappa shape index (κ3) is 6.05. The van der Waals surface area contributed by atoms with Crippen molar-refractivity contribution in [3.05, 3.63) is 0 Å². The number of carbonyl (C=O) groups is 1. The molecule has 2 N–H and O–H groups in total. The van der Waals surface area contributed by atoms with Crippen LogP contribution in [0.2, 0.25) is 0 Å². The Morgan fingerprint density at radius 1 is 1.33 bits per heavy atom. The van der Waals surface area contributed by atoms with Gasteiger partial charge >= 0.3 is 0 Å². The van der Waals surface area contributed by atoms with Gasteiger partial charge in [-0.2, -0.15) is 11.8 Å². The Labute approximate surface area is 96.8 Å². The maximum Gasteiger partial charge on any atom is 0.221 e. The summed E-state index contributed by atoms with van der Waals surface area (Å²) >= 11 is 2.03. The standard InChI is InChI=1S/C11H22N2OS/c1-2-6-13-11(14)3-7-12-10-4-8-15-9-5-10/h10,12H,2-9H2,1H3,(H,13,14). The van der Waals surface area contributed by atoms with Gasteiger partial charge in [-0.15, -0.1) is 0 Å². The summed E-state index contributed by atoms with van der Waals surface area (Å²) in [5.74, 6) is 2.70. The zero-order valence-electron chi connectivity index (χ0n) is 9.55. The van der Waals surface area contributed by atoms with E-state index < -0.39 is 0 Å². The normalized spacial score (nSPS) is 17.7. The number of amides is 1. The van der Waals surface area contributed by atoms with Crippen LogP contribution in [0.1, 0.15) is 32.6 Å². The lowest BCUT2D eigenvalue weighted by atomic mass is 10.1. The van der Waals surface area contributed by atoms with E-state index in [9.17, 15) is 4.79 Å². The smallest absolute Gasteiger partial charge is 0.221 e. The van der Waals surface area contributed by atoms with E-state index in [0.717, 1.165) is 19.5 Å². The van der Waals surface area contributed by atoms with Crippen LogP contribution in [-0.2, 0) is 4.79 Å². The summed E-state index contributed by atoms with van der Waals surface area (Å²) in [6, 6.07) is 0.644. The molecule has 1 fully saturated rings. The van der Waals surface area contributed by atoms with Crippen molar-refractivity contribution in [1.82, 2.24) is 10.6 Å². The topological polar surface area (TPSA) is 41.1 Å². The number of hydrogen-bond donors (Lipinski definition) is 2. The number of hydrogen-bond acceptors (Lipinski definition) is 3. The summed E-state index contributed by atoms with van der Waals surface area (Å²) in [7, 11) is 0. The summed E-state index contributed by atoms with van der Waals surface area (Å²) in [5, 5.41) is 6.34. The number of nitrogens with one attached hydrogen (secondary N) is 2. The Hall–Kier alpha value is -0.220. The molecule has 3 nitrogen and oxygen atoms in total. The largest absolute Gasteiger partial charge is 0.356 e. The Morgan fingerprint density at radius 3 is 2.73 bits per heavy atom. The van der Waals surface area contributed by atoms with Gasteiger partial charge in [-0.1, -0.05) is 6.92 Å². The van der Waals surface area contributed by atoms with Gasteiger partial charge in [0.1, 0.15) is 0 Å². The molecular weight excluding hydrogens is 208 g/mol. The SMILES string of the molecule is CCCNC(=O)CCNC1CCSCC1. The van der Waals surface area contributed by atoms with Gasteiger partial charge in [-0.05, 0) is 30.8 Å². The lowest BCUT2D eigenvalue weighted by molar-refractivity contribution is -0.121. The molecule has 0 atom stereocenters. The van der Waals surface area contributed by atoms with Crippen LogP contribution in [-0.4, -0.2) is 36.5 Å². The minimum atomic E-state index is 0.175. The maximum atomic E-state index is 11.3. The number of thioether (sulfide) groups is 1. The van der Waals surface area contributed by atoms with Crippen LogP contribution in [0, 0.1) is 0 Å². The molecule has 0 aliphatic carbocycles. The van der Waals surface area contributed by atoms with Crippen LogP contribution >= 0.6 is 11.8 Å². The van der Waals surface area contributed by atoms with E-state index in [-0.39, 0.29) is 5.91 Å². The summed E-state index contributed by atoms with van der Waals surface area (Å²) in [5.41, 5.74) is 0. The minimum Gasteiger partial charge on any atom is -0.356 e. The lowest BCUT2D eigenvalue weighted by Crippen LogP contribution is -2.35. The molecule has 88 valence electrons. The van der Waals surface area contributed by atoms with E-state index in [2.05, 4.69) is 17.6 Å². The second-order valence-electron chi connectivity index (χ2n) is 3.94. The fourth-order valence-corrected chi connectivity index (χ4v) is 2.75. The van der Waals surface area contributed by atoms with Gasteiger partial charge in [0.05, 0.1) is 0 Å². The fraction of sp³-hybridized carbons (Fsp3) is 0.909. The van der Waals surface area contributed by atoms with Crippen LogP contribution in [0.3, 0.4) is 0 Å². The monoisotopic (exact) mass is 230 g/mol. The lowest BCUT2D eigenvalue weighted by Gasteiger charge is -2.22. The summed E-state index contributed by atoms with van der Waals surface area (Å²) in [4.78, 5) is 11.3. The van der Waals surface area contributed by atoms with Crippen molar-refractivity contribution in [3.63, 3.8) is 0 Å². The summed E-state index contributed by atoms with van der Waals surface area (Å²) < 4.78 is 0.